The van der Waals surface area contributed by atoms with Crippen molar-refractivity contribution in [2.75, 3.05) is 0 Å². The molecule has 9 heteroatoms. The van der Waals surface area contributed by atoms with Gasteiger partial charge in [-0.2, -0.15) is 8.42 Å². The molecule has 0 saturated heterocycles. The van der Waals surface area contributed by atoms with Gasteiger partial charge in [-0.1, -0.05) is 11.6 Å². The minimum absolute atomic E-state index is 0.0186. The number of ether oxygens (including phenoxy) is 1. The van der Waals surface area contributed by atoms with Crippen LogP contribution in [0.4, 0.5) is 0 Å². The van der Waals surface area contributed by atoms with Gasteiger partial charge in [0.2, 0.25) is 0 Å². The first kappa shape index (κ1) is 14.6. The Balaban J connectivity index is 3.06. The van der Waals surface area contributed by atoms with Crippen LogP contribution in [0.2, 0.25) is 5.02 Å². The molecule has 0 amide bonds. The molecule has 1 aromatic heterocycles. The molecule has 1 aromatic rings. The highest BCUT2D eigenvalue weighted by Crippen LogP contribution is 2.36. The molecule has 5 nitrogen and oxygen atoms in total. The molecular formula is C8H8Cl2O5S2. The Bertz CT molecular complexity index is 520. The minimum Gasteiger partial charge on any atom is -0.459 e. The van der Waals surface area contributed by atoms with E-state index < -0.39 is 15.3 Å². The average Bonchev–Trinajstić information content (AvgIpc) is 2.44. The molecule has 0 unspecified atom stereocenters. The summed E-state index contributed by atoms with van der Waals surface area (Å²) in [6.07, 6.45) is -0.344. The van der Waals surface area contributed by atoms with Crippen LogP contribution in [0.15, 0.2) is 5.38 Å². The lowest BCUT2D eigenvalue weighted by molar-refractivity contribution is 0.0382. The van der Waals surface area contributed by atoms with E-state index in [9.17, 15) is 13.2 Å². The zero-order chi connectivity index (χ0) is 13.2. The van der Waals surface area contributed by atoms with Crippen LogP contribution in [0, 0.1) is 0 Å². The molecule has 0 saturated carbocycles. The Morgan fingerprint density at radius 3 is 2.53 bits per heavy atom. The Hall–Kier alpha value is -0.500. The van der Waals surface area contributed by atoms with Crippen LogP contribution in [0.1, 0.15) is 23.5 Å². The maximum Gasteiger partial charge on any atom is 0.401 e. The maximum absolute atomic E-state index is 11.6. The quantitative estimate of drug-likeness (QED) is 0.630. The van der Waals surface area contributed by atoms with Crippen LogP contribution >= 0.6 is 33.6 Å². The summed E-state index contributed by atoms with van der Waals surface area (Å²) < 4.78 is 30.9. The molecule has 0 aliphatic rings. The average molecular weight is 319 g/mol. The normalized spacial score (nSPS) is 11.6. The zero-order valence-corrected chi connectivity index (χ0v) is 11.9. The number of rotatable bonds is 4. The fourth-order valence-corrected chi connectivity index (χ4v) is 2.63. The third-order valence-electron chi connectivity index (χ3n) is 1.41. The van der Waals surface area contributed by atoms with Crippen molar-refractivity contribution < 1.29 is 22.1 Å². The molecule has 0 atom stereocenters. The third kappa shape index (κ3) is 4.34. The van der Waals surface area contributed by atoms with Crippen molar-refractivity contribution in [3.05, 3.63) is 15.3 Å². The van der Waals surface area contributed by atoms with Crippen LogP contribution in [0.25, 0.3) is 0 Å². The fraction of sp³-hybridized carbons (Fsp3) is 0.375. The van der Waals surface area contributed by atoms with Crippen molar-refractivity contribution in [3.8, 4) is 5.75 Å². The standard InChI is InChI=1S/C8H8Cl2O5S2/c1-4(2)14-8(11)7-6(5(9)3-16-7)15-17(10,12)13/h3-4H,1-2H3. The Labute approximate surface area is 112 Å². The van der Waals surface area contributed by atoms with Gasteiger partial charge in [-0.15, -0.1) is 11.3 Å². The number of carbonyl (C=O) groups excluding carboxylic acids is 1. The van der Waals surface area contributed by atoms with Gasteiger partial charge < -0.3 is 8.92 Å². The zero-order valence-electron chi connectivity index (χ0n) is 8.77. The van der Waals surface area contributed by atoms with Crippen LogP contribution in [0.5, 0.6) is 5.75 Å². The Kier molecular flexibility index (Phi) is 4.65. The highest BCUT2D eigenvalue weighted by Gasteiger charge is 2.24. The van der Waals surface area contributed by atoms with Gasteiger partial charge in [0.1, 0.15) is 0 Å². The van der Waals surface area contributed by atoms with Gasteiger partial charge in [0.25, 0.3) is 0 Å². The van der Waals surface area contributed by atoms with Crippen LogP contribution < -0.4 is 4.18 Å². The summed E-state index contributed by atoms with van der Waals surface area (Å²) in [5.41, 5.74) is 0. The smallest absolute Gasteiger partial charge is 0.401 e. The summed E-state index contributed by atoms with van der Waals surface area (Å²) in [5, 5.41) is 1.34. The predicted molar refractivity (Wildman–Crippen MR) is 65.3 cm³/mol. The van der Waals surface area contributed by atoms with Crippen LogP contribution in [-0.2, 0) is 14.1 Å². The molecule has 0 N–H and O–H groups in total. The van der Waals surface area contributed by atoms with E-state index in [1.807, 2.05) is 0 Å². The predicted octanol–water partition coefficient (Wildman–Crippen LogP) is 2.83. The van der Waals surface area contributed by atoms with Crippen molar-refractivity contribution in [3.63, 3.8) is 0 Å². The second kappa shape index (κ2) is 5.43. The second-order valence-electron chi connectivity index (χ2n) is 3.17. The molecule has 0 aromatic carbocycles. The molecule has 17 heavy (non-hydrogen) atoms. The van der Waals surface area contributed by atoms with Crippen LogP contribution in [0.3, 0.4) is 0 Å². The molecule has 0 bridgehead atoms. The molecule has 0 spiro atoms. The summed E-state index contributed by atoms with van der Waals surface area (Å²) in [6, 6.07) is 0. The van der Waals surface area contributed by atoms with Gasteiger partial charge in [-0.3, -0.25) is 0 Å². The van der Waals surface area contributed by atoms with Crippen LogP contribution in [-0.4, -0.2) is 20.5 Å². The minimum atomic E-state index is -4.27. The summed E-state index contributed by atoms with van der Waals surface area (Å²) in [6.45, 7) is 3.32. The van der Waals surface area contributed by atoms with Crippen molar-refractivity contribution in [1.29, 1.82) is 0 Å². The number of thiophene rings is 1. The highest BCUT2D eigenvalue weighted by molar-refractivity contribution is 8.10. The van der Waals surface area contributed by atoms with E-state index in [2.05, 4.69) is 4.18 Å². The molecule has 0 aliphatic carbocycles. The Morgan fingerprint density at radius 1 is 1.47 bits per heavy atom. The first-order chi connectivity index (χ1) is 7.70. The maximum atomic E-state index is 11.6. The molecule has 0 aliphatic heterocycles. The Morgan fingerprint density at radius 2 is 2.06 bits per heavy atom. The first-order valence-corrected chi connectivity index (χ1v) is 7.82. The number of hydrogen-bond donors (Lipinski definition) is 0. The lowest BCUT2D eigenvalue weighted by Gasteiger charge is -2.07. The van der Waals surface area contributed by atoms with Crippen molar-refractivity contribution >= 4 is 48.9 Å². The third-order valence-corrected chi connectivity index (χ3v) is 3.32. The first-order valence-electron chi connectivity index (χ1n) is 4.32. The number of carbonyl (C=O) groups is 1. The topological polar surface area (TPSA) is 69.7 Å². The fourth-order valence-electron chi connectivity index (χ4n) is 0.912. The molecule has 1 heterocycles. The summed E-state index contributed by atoms with van der Waals surface area (Å²) in [4.78, 5) is 11.5. The van der Waals surface area contributed by atoms with Gasteiger partial charge in [0, 0.05) is 5.38 Å². The molecule has 96 valence electrons. The van der Waals surface area contributed by atoms with Crippen molar-refractivity contribution in [1.82, 2.24) is 0 Å². The molecular weight excluding hydrogens is 311 g/mol. The van der Waals surface area contributed by atoms with Gasteiger partial charge in [-0.05, 0) is 13.8 Å². The number of hydrogen-bond acceptors (Lipinski definition) is 6. The largest absolute Gasteiger partial charge is 0.459 e. The van der Waals surface area contributed by atoms with Gasteiger partial charge in [-0.25, -0.2) is 4.79 Å². The van der Waals surface area contributed by atoms with E-state index in [0.29, 0.717) is 0 Å². The second-order valence-corrected chi connectivity index (χ2v) is 6.55. The van der Waals surface area contributed by atoms with Gasteiger partial charge in [0.05, 0.1) is 21.8 Å². The van der Waals surface area contributed by atoms with Crippen molar-refractivity contribution in [2.24, 2.45) is 0 Å². The number of esters is 1. The van der Waals surface area contributed by atoms with E-state index in [1.165, 1.54) is 5.38 Å². The molecule has 0 radical (unpaired) electrons. The van der Waals surface area contributed by atoms with E-state index in [-0.39, 0.29) is 21.8 Å². The highest BCUT2D eigenvalue weighted by atomic mass is 35.7. The lowest BCUT2D eigenvalue weighted by atomic mass is 10.4. The summed E-state index contributed by atoms with van der Waals surface area (Å²) >= 11 is 6.60. The van der Waals surface area contributed by atoms with E-state index in [0.717, 1.165) is 11.3 Å². The SMILES string of the molecule is CC(C)OC(=O)c1scc(Cl)c1OS(=O)(=O)Cl. The molecule has 0 fully saturated rings. The van der Waals surface area contributed by atoms with E-state index in [4.69, 9.17) is 27.0 Å². The van der Waals surface area contributed by atoms with E-state index in [1.54, 1.807) is 13.8 Å². The van der Waals surface area contributed by atoms with Gasteiger partial charge >= 0.3 is 15.3 Å². The van der Waals surface area contributed by atoms with Gasteiger partial charge in [0.15, 0.2) is 10.6 Å². The van der Waals surface area contributed by atoms with E-state index >= 15 is 0 Å². The monoisotopic (exact) mass is 318 g/mol. The molecule has 1 rings (SSSR count). The van der Waals surface area contributed by atoms with Crippen molar-refractivity contribution in [2.45, 2.75) is 20.0 Å². The summed E-state index contributed by atoms with van der Waals surface area (Å²) in [5.74, 6) is -1.02. The lowest BCUT2D eigenvalue weighted by Crippen LogP contribution is -2.12. The summed E-state index contributed by atoms with van der Waals surface area (Å²) in [7, 11) is 0.655. The number of halogens is 2.